The highest BCUT2D eigenvalue weighted by atomic mass is 16.5. The van der Waals surface area contributed by atoms with Gasteiger partial charge in [0, 0.05) is 5.56 Å². The second-order valence-corrected chi connectivity index (χ2v) is 6.00. The van der Waals surface area contributed by atoms with E-state index in [2.05, 4.69) is 4.58 Å². The van der Waals surface area contributed by atoms with Crippen molar-refractivity contribution in [1.29, 1.82) is 0 Å². The number of aromatic hydroxyl groups is 1. The van der Waals surface area contributed by atoms with Crippen molar-refractivity contribution < 1.29 is 19.0 Å². The number of methoxy groups -OCH3 is 1. The number of benzene rings is 2. The van der Waals surface area contributed by atoms with Gasteiger partial charge in [-0.1, -0.05) is 0 Å². The number of phenolic OH excluding ortho intramolecular Hbond substituents is 1. The molecule has 2 heterocycles. The number of nitrogens with zero attached hydrogens (tertiary/aromatic N) is 1. The lowest BCUT2D eigenvalue weighted by atomic mass is 10.1. The summed E-state index contributed by atoms with van der Waals surface area (Å²) in [6, 6.07) is 15.0. The zero-order valence-electron chi connectivity index (χ0n) is 14.1. The Kier molecular flexibility index (Phi) is 4.15. The molecule has 1 fully saturated rings. The maximum Gasteiger partial charge on any atom is 0.215 e. The molecule has 128 valence electrons. The van der Waals surface area contributed by atoms with Crippen molar-refractivity contribution in [2.45, 2.75) is 0 Å². The minimum Gasteiger partial charge on any atom is -0.508 e. The number of ether oxygens (including phenoxy) is 2. The van der Waals surface area contributed by atoms with Crippen molar-refractivity contribution in [1.82, 2.24) is 4.58 Å². The average Bonchev–Trinajstić information content (AvgIpc) is 2.68. The van der Waals surface area contributed by atoms with Crippen LogP contribution in [0.15, 0.2) is 52.9 Å². The van der Waals surface area contributed by atoms with Crippen molar-refractivity contribution in [3.8, 4) is 22.8 Å². The smallest absolute Gasteiger partial charge is 0.215 e. The normalized spacial score (nSPS) is 14.7. The summed E-state index contributed by atoms with van der Waals surface area (Å²) in [5.74, 6) is 1.82. The summed E-state index contributed by atoms with van der Waals surface area (Å²) in [6.07, 6.45) is 0. The predicted octanol–water partition coefficient (Wildman–Crippen LogP) is 2.62. The second-order valence-electron chi connectivity index (χ2n) is 6.00. The van der Waals surface area contributed by atoms with E-state index < -0.39 is 0 Å². The van der Waals surface area contributed by atoms with Crippen LogP contribution in [0.5, 0.6) is 11.5 Å². The van der Waals surface area contributed by atoms with Crippen molar-refractivity contribution in [2.75, 3.05) is 33.4 Å². The van der Waals surface area contributed by atoms with Gasteiger partial charge in [0.1, 0.15) is 36.1 Å². The highest BCUT2D eigenvalue weighted by molar-refractivity contribution is 5.80. The molecular weight excluding hydrogens is 318 g/mol. The Balaban J connectivity index is 1.96. The zero-order chi connectivity index (χ0) is 17.2. The molecule has 1 aliphatic rings. The monoisotopic (exact) mass is 338 g/mol. The first-order chi connectivity index (χ1) is 12.2. The molecule has 0 unspecified atom stereocenters. The summed E-state index contributed by atoms with van der Waals surface area (Å²) < 4.78 is 19.1. The fourth-order valence-corrected chi connectivity index (χ4v) is 3.12. The predicted molar refractivity (Wildman–Crippen MR) is 95.7 cm³/mol. The van der Waals surface area contributed by atoms with Gasteiger partial charge in [-0.25, -0.2) is 4.58 Å². The number of fused-ring (bicyclic) bond motifs is 1. The van der Waals surface area contributed by atoms with Crippen LogP contribution in [-0.2, 0) is 4.74 Å². The number of hydrogen-bond acceptors (Lipinski definition) is 4. The van der Waals surface area contributed by atoms with Crippen molar-refractivity contribution in [3.63, 3.8) is 0 Å². The SMILES string of the molecule is COc1ccc(-c2cc(=[N+]3CCOCC3)c3cc(O)ccc3o2)cc1. The van der Waals surface area contributed by atoms with Crippen LogP contribution in [0.2, 0.25) is 0 Å². The largest absolute Gasteiger partial charge is 0.508 e. The molecule has 25 heavy (non-hydrogen) atoms. The third-order valence-corrected chi connectivity index (χ3v) is 4.45. The van der Waals surface area contributed by atoms with Gasteiger partial charge in [-0.05, 0) is 42.5 Å². The maximum atomic E-state index is 9.90. The Labute approximate surface area is 145 Å². The summed E-state index contributed by atoms with van der Waals surface area (Å²) >= 11 is 0. The summed E-state index contributed by atoms with van der Waals surface area (Å²) in [5, 5.41) is 11.8. The summed E-state index contributed by atoms with van der Waals surface area (Å²) in [5.41, 5.74) is 1.72. The lowest BCUT2D eigenvalue weighted by molar-refractivity contribution is 0.0967. The zero-order valence-corrected chi connectivity index (χ0v) is 14.1. The first-order valence-corrected chi connectivity index (χ1v) is 8.31. The molecule has 0 spiro atoms. The summed E-state index contributed by atoms with van der Waals surface area (Å²) in [6.45, 7) is 3.03. The first kappa shape index (κ1) is 15.7. The Morgan fingerprint density at radius 1 is 1.00 bits per heavy atom. The molecular formula is C20H20NO4+. The Bertz CT molecular complexity index is 965. The quantitative estimate of drug-likeness (QED) is 0.730. The van der Waals surface area contributed by atoms with Crippen LogP contribution >= 0.6 is 0 Å². The molecule has 1 aromatic heterocycles. The van der Waals surface area contributed by atoms with Crippen LogP contribution in [0.4, 0.5) is 0 Å². The highest BCUT2D eigenvalue weighted by Gasteiger charge is 2.17. The van der Waals surface area contributed by atoms with Gasteiger partial charge in [0.2, 0.25) is 5.36 Å². The van der Waals surface area contributed by atoms with E-state index in [1.807, 2.05) is 36.4 Å². The van der Waals surface area contributed by atoms with Gasteiger partial charge in [-0.15, -0.1) is 0 Å². The molecule has 0 atom stereocenters. The maximum absolute atomic E-state index is 9.90. The Morgan fingerprint density at radius 2 is 1.76 bits per heavy atom. The van der Waals surface area contributed by atoms with Gasteiger partial charge in [0.15, 0.2) is 13.1 Å². The van der Waals surface area contributed by atoms with Gasteiger partial charge < -0.3 is 19.0 Å². The molecule has 5 nitrogen and oxygen atoms in total. The molecule has 1 N–H and O–H groups in total. The van der Waals surface area contributed by atoms with E-state index in [0.717, 1.165) is 46.5 Å². The molecule has 0 aliphatic carbocycles. The third kappa shape index (κ3) is 3.10. The first-order valence-electron chi connectivity index (χ1n) is 8.31. The standard InChI is InChI=1S/C20H19NO4/c1-23-16-5-2-14(3-6-16)20-13-18(21-8-10-24-11-9-21)17-12-15(22)4-7-19(17)25-20/h2-7,12-13H,8-11H2,1H3/p+1. The number of morpholine rings is 1. The Morgan fingerprint density at radius 3 is 2.48 bits per heavy atom. The molecule has 0 amide bonds. The van der Waals surface area contributed by atoms with Gasteiger partial charge in [0.05, 0.1) is 18.6 Å². The van der Waals surface area contributed by atoms with Crippen LogP contribution in [0.25, 0.3) is 22.3 Å². The number of hydrogen-bond donors (Lipinski definition) is 1. The van der Waals surface area contributed by atoms with E-state index in [1.54, 1.807) is 19.2 Å². The minimum atomic E-state index is 0.231. The van der Waals surface area contributed by atoms with Crippen LogP contribution in [0.1, 0.15) is 0 Å². The minimum absolute atomic E-state index is 0.231. The topological polar surface area (TPSA) is 54.8 Å². The molecule has 3 aromatic rings. The third-order valence-electron chi connectivity index (χ3n) is 4.45. The summed E-state index contributed by atoms with van der Waals surface area (Å²) in [4.78, 5) is 0. The van der Waals surface area contributed by atoms with Crippen LogP contribution in [0, 0.1) is 0 Å². The Hall–Kier alpha value is -2.79. The van der Waals surface area contributed by atoms with Crippen LogP contribution in [-0.4, -0.2) is 38.5 Å². The lowest BCUT2D eigenvalue weighted by Crippen LogP contribution is -2.40. The molecule has 5 heteroatoms. The van der Waals surface area contributed by atoms with Gasteiger partial charge in [-0.2, -0.15) is 0 Å². The van der Waals surface area contributed by atoms with E-state index in [0.29, 0.717) is 13.2 Å². The molecule has 0 saturated carbocycles. The van der Waals surface area contributed by atoms with Crippen LogP contribution in [0.3, 0.4) is 0 Å². The number of phenols is 1. The fraction of sp³-hybridized carbons (Fsp3) is 0.250. The molecule has 0 radical (unpaired) electrons. The molecule has 1 aliphatic heterocycles. The van der Waals surface area contributed by atoms with Crippen molar-refractivity contribution in [3.05, 3.63) is 53.9 Å². The average molecular weight is 338 g/mol. The lowest BCUT2D eigenvalue weighted by Gasteiger charge is -2.12. The molecule has 4 rings (SSSR count). The molecule has 1 saturated heterocycles. The highest BCUT2D eigenvalue weighted by Crippen LogP contribution is 2.25. The van der Waals surface area contributed by atoms with Gasteiger partial charge in [-0.3, -0.25) is 0 Å². The van der Waals surface area contributed by atoms with E-state index in [9.17, 15) is 5.11 Å². The van der Waals surface area contributed by atoms with E-state index in [4.69, 9.17) is 13.9 Å². The van der Waals surface area contributed by atoms with E-state index >= 15 is 0 Å². The summed E-state index contributed by atoms with van der Waals surface area (Å²) in [7, 11) is 1.65. The van der Waals surface area contributed by atoms with Crippen molar-refractivity contribution in [2.24, 2.45) is 0 Å². The van der Waals surface area contributed by atoms with E-state index in [-0.39, 0.29) is 5.75 Å². The fourth-order valence-electron chi connectivity index (χ4n) is 3.12. The second kappa shape index (κ2) is 6.61. The number of rotatable bonds is 2. The van der Waals surface area contributed by atoms with Gasteiger partial charge >= 0.3 is 0 Å². The van der Waals surface area contributed by atoms with Gasteiger partial charge in [0.25, 0.3) is 0 Å². The van der Waals surface area contributed by atoms with E-state index in [1.165, 1.54) is 0 Å². The van der Waals surface area contributed by atoms with Crippen LogP contribution < -0.4 is 14.7 Å². The molecule has 2 aromatic carbocycles. The van der Waals surface area contributed by atoms with Crippen molar-refractivity contribution >= 4 is 11.0 Å². The molecule has 0 bridgehead atoms.